The molecule has 0 saturated carbocycles. The number of aromatic nitrogens is 1. The number of aromatic amines is 1. The highest BCUT2D eigenvalue weighted by Gasteiger charge is 2.08. The molecule has 70 valence electrons. The van der Waals surface area contributed by atoms with Crippen LogP contribution in [0, 0.1) is 10.1 Å². The molecule has 4 heteroatoms. The van der Waals surface area contributed by atoms with E-state index in [0.29, 0.717) is 0 Å². The molecule has 0 aliphatic heterocycles. The van der Waals surface area contributed by atoms with Gasteiger partial charge in [-0.3, -0.25) is 0 Å². The van der Waals surface area contributed by atoms with E-state index in [0.717, 1.165) is 11.3 Å². The van der Waals surface area contributed by atoms with E-state index >= 15 is 0 Å². The lowest BCUT2D eigenvalue weighted by molar-refractivity contribution is -0.389. The monoisotopic (exact) mass is 188 g/mol. The fourth-order valence-electron chi connectivity index (χ4n) is 1.28. The fraction of sp³-hybridized carbons (Fsp3) is 0. The van der Waals surface area contributed by atoms with E-state index in [1.54, 1.807) is 6.07 Å². The lowest BCUT2D eigenvalue weighted by Gasteiger charge is -1.92. The molecule has 0 amide bonds. The maximum atomic E-state index is 10.4. The third-order valence-electron chi connectivity index (χ3n) is 1.95. The Balaban J connectivity index is 2.39. The Hall–Kier alpha value is -2.10. The van der Waals surface area contributed by atoms with Crippen molar-refractivity contribution in [2.24, 2.45) is 0 Å². The molecule has 4 nitrogen and oxygen atoms in total. The zero-order valence-corrected chi connectivity index (χ0v) is 7.31. The number of hydrogen-bond donors (Lipinski definition) is 1. The number of H-pyrrole nitrogens is 1. The molecule has 0 unspecified atom stereocenters. The number of rotatable bonds is 2. The van der Waals surface area contributed by atoms with E-state index < -0.39 is 4.92 Å². The van der Waals surface area contributed by atoms with Crippen molar-refractivity contribution in [3.63, 3.8) is 0 Å². The third kappa shape index (κ3) is 1.50. The molecule has 0 atom stereocenters. The Morgan fingerprint density at radius 1 is 1.07 bits per heavy atom. The van der Waals surface area contributed by atoms with Crippen molar-refractivity contribution in [2.75, 3.05) is 0 Å². The smallest absolute Gasteiger partial charge is 0.321 e. The minimum atomic E-state index is -0.438. The minimum Gasteiger partial charge on any atom is -0.358 e. The summed E-state index contributed by atoms with van der Waals surface area (Å²) < 4.78 is 0. The number of nitrogens with one attached hydrogen (secondary N) is 1. The van der Waals surface area contributed by atoms with Crippen LogP contribution in [0.5, 0.6) is 0 Å². The van der Waals surface area contributed by atoms with Crippen LogP contribution in [0.3, 0.4) is 0 Å². The quantitative estimate of drug-likeness (QED) is 0.581. The fourth-order valence-corrected chi connectivity index (χ4v) is 1.28. The SMILES string of the molecule is O=[N+]([O-])c1ccc(-c2ccccc2)[nH]1. The predicted octanol–water partition coefficient (Wildman–Crippen LogP) is 2.59. The summed E-state index contributed by atoms with van der Waals surface area (Å²) in [6, 6.07) is 12.6. The summed E-state index contributed by atoms with van der Waals surface area (Å²) >= 11 is 0. The van der Waals surface area contributed by atoms with Crippen LogP contribution in [0.1, 0.15) is 0 Å². The molecule has 0 radical (unpaired) electrons. The van der Waals surface area contributed by atoms with Gasteiger partial charge in [0.15, 0.2) is 0 Å². The van der Waals surface area contributed by atoms with Gasteiger partial charge in [-0.2, -0.15) is 0 Å². The second kappa shape index (κ2) is 3.33. The minimum absolute atomic E-state index is 0.0175. The van der Waals surface area contributed by atoms with Crippen LogP contribution in [0.4, 0.5) is 5.82 Å². The van der Waals surface area contributed by atoms with Gasteiger partial charge in [0.2, 0.25) is 0 Å². The van der Waals surface area contributed by atoms with Crippen molar-refractivity contribution in [3.8, 4) is 11.3 Å². The molecule has 0 saturated heterocycles. The second-order valence-corrected chi connectivity index (χ2v) is 2.88. The molecule has 1 N–H and O–H groups in total. The van der Waals surface area contributed by atoms with Crippen LogP contribution in [-0.4, -0.2) is 9.91 Å². The number of nitro groups is 1. The standard InChI is InChI=1S/C10H8N2O2/c13-12(14)10-7-6-9(11-10)8-4-2-1-3-5-8/h1-7,11H. The van der Waals surface area contributed by atoms with Crippen molar-refractivity contribution in [1.82, 2.24) is 4.98 Å². The Bertz CT molecular complexity index is 448. The van der Waals surface area contributed by atoms with Gasteiger partial charge < -0.3 is 10.1 Å². The van der Waals surface area contributed by atoms with Crippen LogP contribution < -0.4 is 0 Å². The number of nitrogens with zero attached hydrogens (tertiary/aromatic N) is 1. The predicted molar refractivity (Wildman–Crippen MR) is 52.9 cm³/mol. The Kier molecular flexibility index (Phi) is 2.02. The highest BCUT2D eigenvalue weighted by molar-refractivity contribution is 5.61. The van der Waals surface area contributed by atoms with Gasteiger partial charge in [0, 0.05) is 11.6 Å². The first kappa shape index (κ1) is 8.50. The highest BCUT2D eigenvalue weighted by Crippen LogP contribution is 2.20. The summed E-state index contributed by atoms with van der Waals surface area (Å²) in [5.74, 6) is 0.0175. The molecular formula is C10H8N2O2. The molecule has 2 aromatic rings. The van der Waals surface area contributed by atoms with E-state index in [1.807, 2.05) is 30.3 Å². The Morgan fingerprint density at radius 3 is 2.36 bits per heavy atom. The lowest BCUT2D eigenvalue weighted by Crippen LogP contribution is -1.86. The molecule has 0 aliphatic carbocycles. The van der Waals surface area contributed by atoms with E-state index in [4.69, 9.17) is 0 Å². The van der Waals surface area contributed by atoms with Crippen molar-refractivity contribution >= 4 is 5.82 Å². The van der Waals surface area contributed by atoms with Gasteiger partial charge in [-0.25, -0.2) is 4.98 Å². The molecule has 1 aromatic carbocycles. The second-order valence-electron chi connectivity index (χ2n) is 2.88. The Morgan fingerprint density at radius 2 is 1.79 bits per heavy atom. The van der Waals surface area contributed by atoms with Gasteiger partial charge in [0.25, 0.3) is 0 Å². The zero-order valence-electron chi connectivity index (χ0n) is 7.31. The van der Waals surface area contributed by atoms with Gasteiger partial charge in [-0.1, -0.05) is 30.3 Å². The largest absolute Gasteiger partial charge is 0.358 e. The molecule has 0 fully saturated rings. The van der Waals surface area contributed by atoms with Gasteiger partial charge >= 0.3 is 5.82 Å². The van der Waals surface area contributed by atoms with Crippen LogP contribution in [-0.2, 0) is 0 Å². The average molecular weight is 188 g/mol. The van der Waals surface area contributed by atoms with Crippen LogP contribution in [0.2, 0.25) is 0 Å². The number of benzene rings is 1. The molecule has 0 spiro atoms. The van der Waals surface area contributed by atoms with Gasteiger partial charge in [-0.05, 0) is 11.0 Å². The summed E-state index contributed by atoms with van der Waals surface area (Å²) in [5, 5.41) is 10.4. The zero-order chi connectivity index (χ0) is 9.97. The lowest BCUT2D eigenvalue weighted by atomic mass is 10.2. The van der Waals surface area contributed by atoms with Crippen molar-refractivity contribution < 1.29 is 4.92 Å². The average Bonchev–Trinajstić information content (AvgIpc) is 2.68. The first-order chi connectivity index (χ1) is 6.77. The first-order valence-corrected chi connectivity index (χ1v) is 4.16. The maximum absolute atomic E-state index is 10.4. The van der Waals surface area contributed by atoms with Crippen LogP contribution in [0.25, 0.3) is 11.3 Å². The summed E-state index contributed by atoms with van der Waals surface area (Å²) in [5.41, 5.74) is 1.71. The normalized spacial score (nSPS) is 10.0. The van der Waals surface area contributed by atoms with Gasteiger partial charge in [-0.15, -0.1) is 0 Å². The van der Waals surface area contributed by atoms with E-state index in [1.165, 1.54) is 6.07 Å². The molecular weight excluding hydrogens is 180 g/mol. The van der Waals surface area contributed by atoms with E-state index in [9.17, 15) is 10.1 Å². The molecule has 1 heterocycles. The molecule has 14 heavy (non-hydrogen) atoms. The van der Waals surface area contributed by atoms with Gasteiger partial charge in [0.1, 0.15) is 5.69 Å². The first-order valence-electron chi connectivity index (χ1n) is 4.16. The van der Waals surface area contributed by atoms with Crippen LogP contribution >= 0.6 is 0 Å². The molecule has 0 bridgehead atoms. The number of hydrogen-bond acceptors (Lipinski definition) is 2. The maximum Gasteiger partial charge on any atom is 0.321 e. The summed E-state index contributed by atoms with van der Waals surface area (Å²) in [4.78, 5) is 12.7. The summed E-state index contributed by atoms with van der Waals surface area (Å²) in [6.07, 6.45) is 0. The van der Waals surface area contributed by atoms with E-state index in [-0.39, 0.29) is 5.82 Å². The Labute approximate surface area is 80.4 Å². The van der Waals surface area contributed by atoms with Crippen LogP contribution in [0.15, 0.2) is 42.5 Å². The van der Waals surface area contributed by atoms with Crippen molar-refractivity contribution in [2.45, 2.75) is 0 Å². The molecule has 0 aliphatic rings. The summed E-state index contributed by atoms with van der Waals surface area (Å²) in [7, 11) is 0. The van der Waals surface area contributed by atoms with Gasteiger partial charge in [0.05, 0.1) is 0 Å². The molecule has 1 aromatic heterocycles. The third-order valence-corrected chi connectivity index (χ3v) is 1.95. The van der Waals surface area contributed by atoms with Crippen molar-refractivity contribution in [1.29, 1.82) is 0 Å². The highest BCUT2D eigenvalue weighted by atomic mass is 16.6. The molecule has 2 rings (SSSR count). The summed E-state index contributed by atoms with van der Waals surface area (Å²) in [6.45, 7) is 0. The topological polar surface area (TPSA) is 58.9 Å². The van der Waals surface area contributed by atoms with Crippen molar-refractivity contribution in [3.05, 3.63) is 52.6 Å². The van der Waals surface area contributed by atoms with E-state index in [2.05, 4.69) is 4.98 Å².